The number of nitrogens with one attached hydrogen (secondary N) is 1. The van der Waals surface area contributed by atoms with E-state index in [1.54, 1.807) is 0 Å². The molecular formula is C17H22N4. The minimum Gasteiger partial charge on any atom is -0.315 e. The summed E-state index contributed by atoms with van der Waals surface area (Å²) in [6, 6.07) is 9.46. The van der Waals surface area contributed by atoms with E-state index in [-0.39, 0.29) is 0 Å². The molecule has 0 saturated heterocycles. The molecule has 1 atom stereocenters. The predicted octanol–water partition coefficient (Wildman–Crippen LogP) is 1.91. The molecule has 0 bridgehead atoms. The van der Waals surface area contributed by atoms with Crippen molar-refractivity contribution in [3.8, 4) is 0 Å². The van der Waals surface area contributed by atoms with Crippen molar-refractivity contribution in [2.45, 2.75) is 51.1 Å². The van der Waals surface area contributed by atoms with Crippen LogP contribution in [0.4, 0.5) is 0 Å². The van der Waals surface area contributed by atoms with Crippen molar-refractivity contribution in [1.29, 1.82) is 0 Å². The molecule has 1 aliphatic heterocycles. The van der Waals surface area contributed by atoms with Gasteiger partial charge in [0.25, 0.3) is 0 Å². The summed E-state index contributed by atoms with van der Waals surface area (Å²) >= 11 is 0. The van der Waals surface area contributed by atoms with E-state index in [1.165, 1.54) is 36.2 Å². The molecule has 2 heterocycles. The van der Waals surface area contributed by atoms with Crippen molar-refractivity contribution in [2.24, 2.45) is 0 Å². The quantitative estimate of drug-likeness (QED) is 0.931. The van der Waals surface area contributed by atoms with E-state index in [9.17, 15) is 0 Å². The van der Waals surface area contributed by atoms with Crippen LogP contribution in [-0.4, -0.2) is 27.4 Å². The number of rotatable bonds is 4. The summed E-state index contributed by atoms with van der Waals surface area (Å²) in [7, 11) is 0. The summed E-state index contributed by atoms with van der Waals surface area (Å²) in [4.78, 5) is 0. The van der Waals surface area contributed by atoms with E-state index in [0.717, 1.165) is 38.2 Å². The number of hydrogen-bond acceptors (Lipinski definition) is 3. The fraction of sp³-hybridized carbons (Fsp3) is 0.529. The predicted molar refractivity (Wildman–Crippen MR) is 82.3 cm³/mol. The first-order valence-electron chi connectivity index (χ1n) is 8.11. The van der Waals surface area contributed by atoms with Gasteiger partial charge in [0.1, 0.15) is 11.6 Å². The topological polar surface area (TPSA) is 42.7 Å². The van der Waals surface area contributed by atoms with E-state index >= 15 is 0 Å². The number of benzene rings is 1. The van der Waals surface area contributed by atoms with Crippen LogP contribution in [0.3, 0.4) is 0 Å². The lowest BCUT2D eigenvalue weighted by atomic mass is 9.88. The van der Waals surface area contributed by atoms with Crippen LogP contribution in [0.15, 0.2) is 24.3 Å². The van der Waals surface area contributed by atoms with Crippen molar-refractivity contribution < 1.29 is 0 Å². The minimum absolute atomic E-state index is 0.612. The van der Waals surface area contributed by atoms with Crippen LogP contribution in [-0.2, 0) is 32.2 Å². The van der Waals surface area contributed by atoms with Crippen LogP contribution >= 0.6 is 0 Å². The summed E-state index contributed by atoms with van der Waals surface area (Å²) in [6.45, 7) is 2.11. The maximum atomic E-state index is 4.33. The largest absolute Gasteiger partial charge is 0.315 e. The Bertz CT molecular complexity index is 631. The van der Waals surface area contributed by atoms with Gasteiger partial charge in [-0.1, -0.05) is 24.3 Å². The first-order valence-corrected chi connectivity index (χ1v) is 8.11. The maximum Gasteiger partial charge on any atom is 0.134 e. The first-order chi connectivity index (χ1) is 10.4. The molecule has 1 aromatic carbocycles. The third-order valence-corrected chi connectivity index (χ3v) is 4.81. The lowest BCUT2D eigenvalue weighted by Gasteiger charge is -2.25. The molecule has 1 unspecified atom stereocenters. The van der Waals surface area contributed by atoms with Crippen LogP contribution < -0.4 is 5.32 Å². The molecule has 2 aromatic rings. The number of aromatic nitrogens is 3. The number of hydrogen-bond donors (Lipinski definition) is 1. The molecule has 4 nitrogen and oxygen atoms in total. The molecule has 4 rings (SSSR count). The normalized spacial score (nSPS) is 20.3. The van der Waals surface area contributed by atoms with E-state index in [1.807, 2.05) is 0 Å². The average molecular weight is 282 g/mol. The zero-order chi connectivity index (χ0) is 14.1. The Morgan fingerprint density at radius 3 is 3.00 bits per heavy atom. The molecule has 4 heteroatoms. The Morgan fingerprint density at radius 2 is 2.05 bits per heavy atom. The second-order valence-electron chi connectivity index (χ2n) is 6.20. The van der Waals surface area contributed by atoms with Crippen molar-refractivity contribution >= 4 is 0 Å². The first kappa shape index (κ1) is 13.0. The second kappa shape index (κ2) is 5.60. The third kappa shape index (κ3) is 2.60. The monoisotopic (exact) mass is 282 g/mol. The van der Waals surface area contributed by atoms with Crippen LogP contribution in [0.25, 0.3) is 0 Å². The highest BCUT2D eigenvalue weighted by Crippen LogP contribution is 2.21. The molecule has 21 heavy (non-hydrogen) atoms. The molecule has 0 radical (unpaired) electrons. The van der Waals surface area contributed by atoms with Gasteiger partial charge in [-0.25, -0.2) is 0 Å². The van der Waals surface area contributed by atoms with Gasteiger partial charge >= 0.3 is 0 Å². The van der Waals surface area contributed by atoms with E-state index in [2.05, 4.69) is 44.3 Å². The highest BCUT2D eigenvalue weighted by Gasteiger charge is 2.19. The average Bonchev–Trinajstić information content (AvgIpc) is 3.12. The maximum absolute atomic E-state index is 4.33. The van der Waals surface area contributed by atoms with Gasteiger partial charge in [-0.15, -0.1) is 10.2 Å². The van der Waals surface area contributed by atoms with Crippen LogP contribution in [0, 0.1) is 0 Å². The minimum atomic E-state index is 0.612. The van der Waals surface area contributed by atoms with Gasteiger partial charge in [-0.2, -0.15) is 0 Å². The number of nitrogens with zero attached hydrogens (tertiary/aromatic N) is 3. The smallest absolute Gasteiger partial charge is 0.134 e. The van der Waals surface area contributed by atoms with Crippen molar-refractivity contribution in [3.05, 3.63) is 47.0 Å². The highest BCUT2D eigenvalue weighted by atomic mass is 15.3. The second-order valence-corrected chi connectivity index (χ2v) is 6.20. The molecule has 1 aromatic heterocycles. The summed E-state index contributed by atoms with van der Waals surface area (Å²) in [5, 5.41) is 12.3. The van der Waals surface area contributed by atoms with E-state index in [4.69, 9.17) is 0 Å². The molecule has 0 saturated carbocycles. The van der Waals surface area contributed by atoms with Gasteiger partial charge < -0.3 is 9.88 Å². The molecule has 110 valence electrons. The highest BCUT2D eigenvalue weighted by molar-refractivity contribution is 5.30. The Balaban J connectivity index is 1.32. The van der Waals surface area contributed by atoms with Gasteiger partial charge in [0, 0.05) is 32.0 Å². The third-order valence-electron chi connectivity index (χ3n) is 4.81. The molecule has 0 fully saturated rings. The Labute approximate surface area is 125 Å². The number of aryl methyl sites for hydroxylation is 2. The lowest BCUT2D eigenvalue weighted by molar-refractivity contribution is 0.457. The molecule has 1 aliphatic carbocycles. The van der Waals surface area contributed by atoms with E-state index in [0.29, 0.717) is 6.04 Å². The van der Waals surface area contributed by atoms with Gasteiger partial charge in [0.05, 0.1) is 0 Å². The SMILES string of the molecule is c1ccc2c(c1)CCC(NCCc1nnc3n1CCC3)C2. The zero-order valence-electron chi connectivity index (χ0n) is 12.4. The van der Waals surface area contributed by atoms with Gasteiger partial charge in [0.2, 0.25) is 0 Å². The van der Waals surface area contributed by atoms with Gasteiger partial charge in [-0.3, -0.25) is 0 Å². The van der Waals surface area contributed by atoms with Crippen molar-refractivity contribution in [3.63, 3.8) is 0 Å². The standard InChI is InChI=1S/C17H22N4/c1-2-5-14-12-15(8-7-13(14)4-1)18-10-9-17-20-19-16-6-3-11-21(16)17/h1-2,4-5,15,18H,3,6-12H2. The van der Waals surface area contributed by atoms with Gasteiger partial charge in [0.15, 0.2) is 0 Å². The zero-order valence-corrected chi connectivity index (χ0v) is 12.4. The molecule has 0 amide bonds. The van der Waals surface area contributed by atoms with Crippen molar-refractivity contribution in [2.75, 3.05) is 6.54 Å². The Morgan fingerprint density at radius 1 is 1.14 bits per heavy atom. The fourth-order valence-corrected chi connectivity index (χ4v) is 3.66. The van der Waals surface area contributed by atoms with Gasteiger partial charge in [-0.05, 0) is 36.8 Å². The molecular weight excluding hydrogens is 260 g/mol. The van der Waals surface area contributed by atoms with Crippen molar-refractivity contribution in [1.82, 2.24) is 20.1 Å². The Kier molecular flexibility index (Phi) is 3.47. The summed E-state index contributed by atoms with van der Waals surface area (Å²) in [5.41, 5.74) is 3.05. The van der Waals surface area contributed by atoms with Crippen LogP contribution in [0.2, 0.25) is 0 Å². The summed E-state index contributed by atoms with van der Waals surface area (Å²) < 4.78 is 2.30. The molecule has 0 spiro atoms. The molecule has 1 N–H and O–H groups in total. The lowest BCUT2D eigenvalue weighted by Crippen LogP contribution is -2.36. The Hall–Kier alpha value is -1.68. The fourth-order valence-electron chi connectivity index (χ4n) is 3.66. The van der Waals surface area contributed by atoms with Crippen LogP contribution in [0.1, 0.15) is 35.6 Å². The molecule has 2 aliphatic rings. The van der Waals surface area contributed by atoms with Crippen LogP contribution in [0.5, 0.6) is 0 Å². The van der Waals surface area contributed by atoms with E-state index < -0.39 is 0 Å². The summed E-state index contributed by atoms with van der Waals surface area (Å²) in [6.07, 6.45) is 6.92. The number of fused-ring (bicyclic) bond motifs is 2. The summed E-state index contributed by atoms with van der Waals surface area (Å²) in [5.74, 6) is 2.34.